The van der Waals surface area contributed by atoms with Gasteiger partial charge in [0, 0.05) is 33.9 Å². The fourth-order valence-corrected chi connectivity index (χ4v) is 4.35. The van der Waals surface area contributed by atoms with E-state index in [2.05, 4.69) is 50.0 Å². The Hall–Kier alpha value is -8.23. The smallest absolute Gasteiger partial charge is 0.422 e. The van der Waals surface area contributed by atoms with Crippen molar-refractivity contribution in [3.05, 3.63) is 168 Å². The number of carbonyl (C=O) groups excluding carboxylic acids is 5. The second-order valence-electron chi connectivity index (χ2n) is 12.1. The van der Waals surface area contributed by atoms with Gasteiger partial charge in [0.05, 0.1) is 0 Å². The van der Waals surface area contributed by atoms with Crippen LogP contribution in [-0.4, -0.2) is 36.0 Å². The van der Waals surface area contributed by atoms with Gasteiger partial charge in [-0.25, -0.2) is 24.0 Å². The number of carbonyl (C=O) groups is 5. The standard InChI is InChI=1S/C46H30F4O10/c1-7-41(51)59-39-25-34(9-8-31-10-17-36(18-11-31)57-43(53)28(4)24-33-14-21-35(22-15-33)56-42(52)27(2)3)26-40(60-44(54)29(5)46(48,49)50)38(39)23-16-32-12-19-37(20-13-32)58-45(55)30(6)47/h7,10-15,17-22,24-26H,1-2,5-6H2,3-4H3/b28-24+. The Morgan fingerprint density at radius 1 is 0.583 bits per heavy atom. The monoisotopic (exact) mass is 818 g/mol. The van der Waals surface area contributed by atoms with Gasteiger partial charge in [0.2, 0.25) is 5.83 Å². The van der Waals surface area contributed by atoms with Crippen LogP contribution >= 0.6 is 0 Å². The van der Waals surface area contributed by atoms with Crippen molar-refractivity contribution in [2.75, 3.05) is 0 Å². The maximum absolute atomic E-state index is 13.4. The van der Waals surface area contributed by atoms with E-state index in [4.69, 9.17) is 23.7 Å². The summed E-state index contributed by atoms with van der Waals surface area (Å²) in [6, 6.07) is 19.9. The molecule has 0 unspecified atom stereocenters. The van der Waals surface area contributed by atoms with E-state index >= 15 is 0 Å². The lowest BCUT2D eigenvalue weighted by atomic mass is 10.1. The van der Waals surface area contributed by atoms with Crippen LogP contribution in [0.2, 0.25) is 0 Å². The molecule has 0 radical (unpaired) electrons. The summed E-state index contributed by atoms with van der Waals surface area (Å²) in [6.45, 7) is 15.5. The molecular formula is C46H30F4O10. The van der Waals surface area contributed by atoms with E-state index in [1.54, 1.807) is 37.3 Å². The summed E-state index contributed by atoms with van der Waals surface area (Å²) in [5, 5.41) is 0. The lowest BCUT2D eigenvalue weighted by Gasteiger charge is -2.13. The summed E-state index contributed by atoms with van der Waals surface area (Å²) >= 11 is 0. The second kappa shape index (κ2) is 19.8. The van der Waals surface area contributed by atoms with Crippen molar-refractivity contribution in [2.24, 2.45) is 0 Å². The molecule has 0 bridgehead atoms. The van der Waals surface area contributed by atoms with E-state index < -0.39 is 53.2 Å². The summed E-state index contributed by atoms with van der Waals surface area (Å²) in [6.07, 6.45) is -2.78. The van der Waals surface area contributed by atoms with Crippen LogP contribution < -0.4 is 23.7 Å². The molecule has 0 N–H and O–H groups in total. The molecular weight excluding hydrogens is 788 g/mol. The highest BCUT2D eigenvalue weighted by Crippen LogP contribution is 2.33. The topological polar surface area (TPSA) is 132 Å². The van der Waals surface area contributed by atoms with Crippen molar-refractivity contribution < 1.29 is 65.2 Å². The van der Waals surface area contributed by atoms with Gasteiger partial charge >= 0.3 is 36.0 Å². The van der Waals surface area contributed by atoms with E-state index in [0.717, 1.165) is 12.1 Å². The number of rotatable bonds is 11. The van der Waals surface area contributed by atoms with Gasteiger partial charge in [0.1, 0.15) is 28.4 Å². The molecule has 0 amide bonds. The summed E-state index contributed by atoms with van der Waals surface area (Å²) < 4.78 is 78.9. The molecule has 0 aliphatic heterocycles. The average molecular weight is 819 g/mol. The van der Waals surface area contributed by atoms with Gasteiger partial charge in [0.25, 0.3) is 0 Å². The molecule has 0 heterocycles. The van der Waals surface area contributed by atoms with Gasteiger partial charge in [-0.05, 0) is 98.3 Å². The molecule has 0 saturated carbocycles. The van der Waals surface area contributed by atoms with Crippen molar-refractivity contribution in [2.45, 2.75) is 20.0 Å². The van der Waals surface area contributed by atoms with Crippen LogP contribution in [0, 0.1) is 23.7 Å². The Balaban J connectivity index is 1.62. The lowest BCUT2D eigenvalue weighted by Crippen LogP contribution is -2.23. The van der Waals surface area contributed by atoms with Crippen molar-refractivity contribution >= 4 is 35.9 Å². The zero-order valence-electron chi connectivity index (χ0n) is 31.7. The third kappa shape index (κ3) is 12.9. The molecule has 14 heteroatoms. The molecule has 0 saturated heterocycles. The zero-order chi connectivity index (χ0) is 44.1. The predicted molar refractivity (Wildman–Crippen MR) is 210 cm³/mol. The molecule has 60 heavy (non-hydrogen) atoms. The number of alkyl halides is 3. The molecule has 0 aliphatic rings. The number of benzene rings is 4. The molecule has 4 rings (SSSR count). The molecule has 0 fully saturated rings. The normalized spacial score (nSPS) is 10.6. The molecule has 302 valence electrons. The van der Waals surface area contributed by atoms with Crippen LogP contribution in [0.25, 0.3) is 6.08 Å². The van der Waals surface area contributed by atoms with Crippen LogP contribution in [0.4, 0.5) is 17.6 Å². The zero-order valence-corrected chi connectivity index (χ0v) is 31.7. The molecule has 0 aromatic heterocycles. The Morgan fingerprint density at radius 2 is 1.03 bits per heavy atom. The maximum atomic E-state index is 13.4. The highest BCUT2D eigenvalue weighted by molar-refractivity contribution is 5.95. The first-order valence-electron chi connectivity index (χ1n) is 17.0. The largest absolute Gasteiger partial charge is 0.423 e. The fraction of sp³-hybridized carbons (Fsp3) is 0.0652. The lowest BCUT2D eigenvalue weighted by molar-refractivity contribution is -0.142. The first-order valence-corrected chi connectivity index (χ1v) is 17.0. The van der Waals surface area contributed by atoms with Gasteiger partial charge in [-0.15, -0.1) is 0 Å². The average Bonchev–Trinajstić information content (AvgIpc) is 3.20. The minimum atomic E-state index is -5.15. The van der Waals surface area contributed by atoms with E-state index in [9.17, 15) is 41.5 Å². The van der Waals surface area contributed by atoms with Crippen LogP contribution in [-0.2, 0) is 24.0 Å². The second-order valence-corrected chi connectivity index (χ2v) is 12.1. The number of esters is 5. The van der Waals surface area contributed by atoms with Crippen LogP contribution in [0.15, 0.2) is 140 Å². The van der Waals surface area contributed by atoms with E-state index in [-0.39, 0.29) is 45.1 Å². The van der Waals surface area contributed by atoms with Crippen molar-refractivity contribution in [1.82, 2.24) is 0 Å². The van der Waals surface area contributed by atoms with E-state index in [0.29, 0.717) is 16.9 Å². The summed E-state index contributed by atoms with van der Waals surface area (Å²) in [5.41, 5.74) is -0.466. The number of halogens is 4. The van der Waals surface area contributed by atoms with Gasteiger partial charge < -0.3 is 23.7 Å². The number of hydrogen-bond acceptors (Lipinski definition) is 10. The van der Waals surface area contributed by atoms with E-state index in [1.807, 2.05) is 0 Å². The van der Waals surface area contributed by atoms with Crippen molar-refractivity contribution in [3.8, 4) is 52.4 Å². The minimum absolute atomic E-state index is 0.00765. The molecule has 4 aromatic carbocycles. The SMILES string of the molecule is C=CC(=O)Oc1cc(C#Cc2ccc(OC(=O)/C(C)=C/c3ccc(OC(=O)C(=C)C)cc3)cc2)cc(OC(=O)C(=C)C(F)(F)F)c1C#Cc1ccc(OC(=O)C(=C)F)cc1. The summed E-state index contributed by atoms with van der Waals surface area (Å²) in [4.78, 5) is 60.9. The van der Waals surface area contributed by atoms with Crippen LogP contribution in [0.5, 0.6) is 28.7 Å². The maximum Gasteiger partial charge on any atom is 0.422 e. The van der Waals surface area contributed by atoms with Crippen molar-refractivity contribution in [3.63, 3.8) is 0 Å². The Morgan fingerprint density at radius 3 is 1.52 bits per heavy atom. The summed E-state index contributed by atoms with van der Waals surface area (Å²) in [7, 11) is 0. The Bertz CT molecular complexity index is 2580. The molecule has 4 aromatic rings. The van der Waals surface area contributed by atoms with Crippen molar-refractivity contribution in [1.29, 1.82) is 0 Å². The third-order valence-corrected chi connectivity index (χ3v) is 7.41. The first-order chi connectivity index (χ1) is 28.3. The molecule has 0 aliphatic carbocycles. The highest BCUT2D eigenvalue weighted by atomic mass is 19.4. The van der Waals surface area contributed by atoms with Gasteiger partial charge in [-0.3, -0.25) is 0 Å². The Kier molecular flexibility index (Phi) is 14.7. The van der Waals surface area contributed by atoms with E-state index in [1.165, 1.54) is 61.5 Å². The molecule has 0 atom stereocenters. The number of hydrogen-bond donors (Lipinski definition) is 0. The predicted octanol–water partition coefficient (Wildman–Crippen LogP) is 8.48. The van der Waals surface area contributed by atoms with Crippen LogP contribution in [0.1, 0.15) is 41.7 Å². The van der Waals surface area contributed by atoms with Gasteiger partial charge in [0.15, 0.2) is 11.5 Å². The molecule has 0 spiro atoms. The van der Waals surface area contributed by atoms with Crippen LogP contribution in [0.3, 0.4) is 0 Å². The highest BCUT2D eigenvalue weighted by Gasteiger charge is 2.38. The fourth-order valence-electron chi connectivity index (χ4n) is 4.35. The first kappa shape index (κ1) is 44.5. The molecule has 10 nitrogen and oxygen atoms in total. The van der Waals surface area contributed by atoms with Gasteiger partial charge in [-0.2, -0.15) is 17.6 Å². The van der Waals surface area contributed by atoms with Gasteiger partial charge in [-0.1, -0.05) is 62.1 Å². The summed E-state index contributed by atoms with van der Waals surface area (Å²) in [5.74, 6) is 3.51. The quantitative estimate of drug-likeness (QED) is 0.0478. The number of ether oxygens (including phenoxy) is 5. The third-order valence-electron chi connectivity index (χ3n) is 7.41. The Labute approximate surface area is 340 Å². The minimum Gasteiger partial charge on any atom is -0.423 e.